The van der Waals surface area contributed by atoms with Crippen LogP contribution in [0.5, 0.6) is 0 Å². The molecule has 2 saturated heterocycles. The zero-order valence-electron chi connectivity index (χ0n) is 13.6. The molecule has 0 bridgehead atoms. The maximum atomic E-state index is 12.8. The van der Waals surface area contributed by atoms with Crippen LogP contribution in [0.3, 0.4) is 0 Å². The highest BCUT2D eigenvalue weighted by Crippen LogP contribution is 2.38. The Morgan fingerprint density at radius 2 is 1.83 bits per heavy atom. The number of hydrogen-bond donors (Lipinski definition) is 1. The third-order valence-corrected chi connectivity index (χ3v) is 5.68. The molecule has 2 aliphatic rings. The molecule has 3 heteroatoms. The Morgan fingerprint density at radius 1 is 1.04 bits per heavy atom. The van der Waals surface area contributed by atoms with E-state index < -0.39 is 0 Å². The number of piperidine rings is 1. The summed E-state index contributed by atoms with van der Waals surface area (Å²) in [6.45, 7) is 4.10. The fourth-order valence-corrected chi connectivity index (χ4v) is 4.23. The van der Waals surface area contributed by atoms with Crippen molar-refractivity contribution in [3.05, 3.63) is 48.0 Å². The lowest BCUT2D eigenvalue weighted by molar-refractivity contribution is -0.129. The number of carbonyl (C=O) groups is 1. The minimum atomic E-state index is 0.289. The van der Waals surface area contributed by atoms with Gasteiger partial charge in [-0.25, -0.2) is 0 Å². The van der Waals surface area contributed by atoms with Crippen molar-refractivity contribution >= 4 is 16.7 Å². The fourth-order valence-electron chi connectivity index (χ4n) is 4.23. The van der Waals surface area contributed by atoms with Crippen LogP contribution >= 0.6 is 0 Å². The van der Waals surface area contributed by atoms with Gasteiger partial charge in [0, 0.05) is 13.1 Å². The van der Waals surface area contributed by atoms with Gasteiger partial charge in [0.2, 0.25) is 5.91 Å². The van der Waals surface area contributed by atoms with Crippen LogP contribution in [0.15, 0.2) is 42.5 Å². The van der Waals surface area contributed by atoms with E-state index in [2.05, 4.69) is 52.7 Å². The van der Waals surface area contributed by atoms with Gasteiger partial charge in [-0.3, -0.25) is 4.79 Å². The monoisotopic (exact) mass is 308 g/mol. The molecule has 2 aliphatic heterocycles. The van der Waals surface area contributed by atoms with E-state index in [1.54, 1.807) is 0 Å². The molecule has 3 nitrogen and oxygen atoms in total. The van der Waals surface area contributed by atoms with Gasteiger partial charge in [0.1, 0.15) is 0 Å². The van der Waals surface area contributed by atoms with Crippen molar-refractivity contribution < 1.29 is 4.79 Å². The molecule has 1 amide bonds. The number of carbonyl (C=O) groups excluding carboxylic acids is 1. The summed E-state index contributed by atoms with van der Waals surface area (Å²) >= 11 is 0. The second kappa shape index (κ2) is 5.97. The minimum absolute atomic E-state index is 0.289. The Bertz CT molecular complexity index is 713. The van der Waals surface area contributed by atoms with Crippen LogP contribution in [-0.2, 0) is 11.2 Å². The molecule has 1 spiro atoms. The standard InChI is InChI=1S/C20H24N2O/c23-19(22-13-10-20(15-22)8-11-21-12-9-20)14-17-6-3-5-16-4-1-2-7-18(16)17/h1-7,21H,8-15H2. The average molecular weight is 308 g/mol. The molecule has 120 valence electrons. The summed E-state index contributed by atoms with van der Waals surface area (Å²) < 4.78 is 0. The predicted octanol–water partition coefficient (Wildman–Crippen LogP) is 2.98. The molecule has 2 fully saturated rings. The Labute approximate surface area is 137 Å². The largest absolute Gasteiger partial charge is 0.342 e. The predicted molar refractivity (Wildman–Crippen MR) is 93.4 cm³/mol. The van der Waals surface area contributed by atoms with Crippen molar-refractivity contribution in [2.45, 2.75) is 25.7 Å². The fraction of sp³-hybridized carbons (Fsp3) is 0.450. The molecular weight excluding hydrogens is 284 g/mol. The molecule has 2 aromatic rings. The SMILES string of the molecule is O=C(Cc1cccc2ccccc12)N1CCC2(CCNCC2)C1. The number of nitrogens with zero attached hydrogens (tertiary/aromatic N) is 1. The maximum Gasteiger partial charge on any atom is 0.227 e. The summed E-state index contributed by atoms with van der Waals surface area (Å²) in [7, 11) is 0. The lowest BCUT2D eigenvalue weighted by Crippen LogP contribution is -2.40. The van der Waals surface area contributed by atoms with Gasteiger partial charge in [-0.1, -0.05) is 42.5 Å². The van der Waals surface area contributed by atoms with E-state index in [0.29, 0.717) is 11.8 Å². The number of fused-ring (bicyclic) bond motifs is 1. The highest BCUT2D eigenvalue weighted by Gasteiger charge is 2.40. The molecule has 1 N–H and O–H groups in total. The quantitative estimate of drug-likeness (QED) is 0.925. The van der Waals surface area contributed by atoms with Gasteiger partial charge in [-0.2, -0.15) is 0 Å². The molecule has 0 unspecified atom stereocenters. The molecule has 0 saturated carbocycles. The topological polar surface area (TPSA) is 32.3 Å². The molecular formula is C20H24N2O. The van der Waals surface area contributed by atoms with Crippen LogP contribution in [-0.4, -0.2) is 37.0 Å². The number of hydrogen-bond acceptors (Lipinski definition) is 2. The summed E-state index contributed by atoms with van der Waals surface area (Å²) in [5, 5.41) is 5.86. The number of benzene rings is 2. The van der Waals surface area contributed by atoms with Crippen molar-refractivity contribution in [1.82, 2.24) is 10.2 Å². The summed E-state index contributed by atoms with van der Waals surface area (Å²) in [5.41, 5.74) is 1.54. The first-order valence-electron chi connectivity index (χ1n) is 8.71. The maximum absolute atomic E-state index is 12.8. The first-order chi connectivity index (χ1) is 11.3. The second-order valence-electron chi connectivity index (χ2n) is 7.13. The summed E-state index contributed by atoms with van der Waals surface area (Å²) in [6, 6.07) is 14.6. The normalized spacial score (nSPS) is 20.3. The van der Waals surface area contributed by atoms with Gasteiger partial charge in [0.15, 0.2) is 0 Å². The van der Waals surface area contributed by atoms with Crippen LogP contribution in [0.25, 0.3) is 10.8 Å². The van der Waals surface area contributed by atoms with E-state index in [4.69, 9.17) is 0 Å². The van der Waals surface area contributed by atoms with Gasteiger partial charge >= 0.3 is 0 Å². The molecule has 0 atom stereocenters. The minimum Gasteiger partial charge on any atom is -0.342 e. The van der Waals surface area contributed by atoms with Gasteiger partial charge in [-0.05, 0) is 54.1 Å². The van der Waals surface area contributed by atoms with Crippen LogP contribution in [0.1, 0.15) is 24.8 Å². The smallest absolute Gasteiger partial charge is 0.227 e. The van der Waals surface area contributed by atoms with Crippen LogP contribution in [0.2, 0.25) is 0 Å². The molecule has 0 radical (unpaired) electrons. The summed E-state index contributed by atoms with van der Waals surface area (Å²) in [5.74, 6) is 0.289. The van der Waals surface area contributed by atoms with E-state index >= 15 is 0 Å². The van der Waals surface area contributed by atoms with Crippen molar-refractivity contribution in [2.24, 2.45) is 5.41 Å². The molecule has 0 aromatic heterocycles. The molecule has 4 rings (SSSR count). The first kappa shape index (κ1) is 14.7. The molecule has 2 heterocycles. The summed E-state index contributed by atoms with van der Waals surface area (Å²) in [4.78, 5) is 14.9. The number of nitrogens with one attached hydrogen (secondary N) is 1. The summed E-state index contributed by atoms with van der Waals surface area (Å²) in [6.07, 6.45) is 4.13. The molecule has 0 aliphatic carbocycles. The van der Waals surface area contributed by atoms with Gasteiger partial charge in [0.25, 0.3) is 0 Å². The van der Waals surface area contributed by atoms with E-state index in [-0.39, 0.29) is 5.91 Å². The first-order valence-corrected chi connectivity index (χ1v) is 8.71. The van der Waals surface area contributed by atoms with Crippen molar-refractivity contribution in [1.29, 1.82) is 0 Å². The van der Waals surface area contributed by atoms with Crippen molar-refractivity contribution in [3.63, 3.8) is 0 Å². The number of rotatable bonds is 2. The van der Waals surface area contributed by atoms with Gasteiger partial charge in [0.05, 0.1) is 6.42 Å². The van der Waals surface area contributed by atoms with Crippen LogP contribution in [0, 0.1) is 5.41 Å². The third-order valence-electron chi connectivity index (χ3n) is 5.68. The Balaban J connectivity index is 1.49. The lowest BCUT2D eigenvalue weighted by atomic mass is 9.78. The number of amides is 1. The van der Waals surface area contributed by atoms with E-state index in [0.717, 1.165) is 31.7 Å². The molecule has 2 aromatic carbocycles. The van der Waals surface area contributed by atoms with Crippen LogP contribution < -0.4 is 5.32 Å². The Hall–Kier alpha value is -1.87. The highest BCUT2D eigenvalue weighted by atomic mass is 16.2. The Kier molecular flexibility index (Phi) is 3.82. The average Bonchev–Trinajstić information content (AvgIpc) is 2.99. The number of likely N-dealkylation sites (tertiary alicyclic amines) is 1. The van der Waals surface area contributed by atoms with Crippen molar-refractivity contribution in [3.8, 4) is 0 Å². The highest BCUT2D eigenvalue weighted by molar-refractivity contribution is 5.90. The zero-order valence-corrected chi connectivity index (χ0v) is 13.6. The van der Waals surface area contributed by atoms with Crippen molar-refractivity contribution in [2.75, 3.05) is 26.2 Å². The molecule has 23 heavy (non-hydrogen) atoms. The third kappa shape index (κ3) is 2.86. The van der Waals surface area contributed by atoms with E-state index in [9.17, 15) is 4.79 Å². The zero-order chi connectivity index (χ0) is 15.7. The van der Waals surface area contributed by atoms with Crippen LogP contribution in [0.4, 0.5) is 0 Å². The van der Waals surface area contributed by atoms with Gasteiger partial charge in [-0.15, -0.1) is 0 Å². The van der Waals surface area contributed by atoms with E-state index in [1.165, 1.54) is 30.0 Å². The van der Waals surface area contributed by atoms with Gasteiger partial charge < -0.3 is 10.2 Å². The Morgan fingerprint density at radius 3 is 2.70 bits per heavy atom. The lowest BCUT2D eigenvalue weighted by Gasteiger charge is -2.33. The second-order valence-corrected chi connectivity index (χ2v) is 7.13. The van der Waals surface area contributed by atoms with E-state index in [1.807, 2.05) is 0 Å².